The number of nitrogens with one attached hydrogen (secondary N) is 2. The van der Waals surface area contributed by atoms with Crippen LogP contribution in [0.15, 0.2) is 66.2 Å². The summed E-state index contributed by atoms with van der Waals surface area (Å²) in [5.41, 5.74) is 0.658. The molecule has 0 radical (unpaired) electrons. The van der Waals surface area contributed by atoms with Gasteiger partial charge in [0.05, 0.1) is 0 Å². The Balaban J connectivity index is 0.00000156. The lowest BCUT2D eigenvalue weighted by molar-refractivity contribution is -0.116. The molecule has 1 aromatic heterocycles. The van der Waals surface area contributed by atoms with Gasteiger partial charge in [-0.15, -0.1) is 11.3 Å². The van der Waals surface area contributed by atoms with Gasteiger partial charge in [-0.2, -0.15) is 0 Å². The maximum atomic E-state index is 12.1. The van der Waals surface area contributed by atoms with Crippen molar-refractivity contribution in [2.45, 2.75) is 6.54 Å². The number of carbonyl (C=O) groups is 1. The molecule has 24 heavy (non-hydrogen) atoms. The van der Waals surface area contributed by atoms with Gasteiger partial charge < -0.3 is 27.0 Å². The molecule has 124 valence electrons. The summed E-state index contributed by atoms with van der Waals surface area (Å²) in [5, 5.41) is 12.3. The van der Waals surface area contributed by atoms with E-state index in [1.165, 1.54) is 11.3 Å². The van der Waals surface area contributed by atoms with Gasteiger partial charge in [0.1, 0.15) is 18.0 Å². The van der Waals surface area contributed by atoms with Crippen LogP contribution in [0.5, 0.6) is 11.5 Å². The van der Waals surface area contributed by atoms with Crippen molar-refractivity contribution in [2.24, 2.45) is 0 Å². The summed E-state index contributed by atoms with van der Waals surface area (Å²) in [5.74, 6) is 1.21. The molecule has 1 heterocycles. The van der Waals surface area contributed by atoms with Crippen LogP contribution in [0.25, 0.3) is 0 Å². The van der Waals surface area contributed by atoms with Crippen LogP contribution in [0.4, 0.5) is 5.69 Å². The second kappa shape index (κ2) is 8.33. The molecule has 0 atom stereocenters. The Hall–Kier alpha value is -2.57. The molecule has 0 aliphatic heterocycles. The Kier molecular flexibility index (Phi) is 6.17. The van der Waals surface area contributed by atoms with Gasteiger partial charge in [0, 0.05) is 23.3 Å². The number of nitrogens with zero attached hydrogens (tertiary/aromatic N) is 1. The third kappa shape index (κ3) is 4.71. The van der Waals surface area contributed by atoms with Gasteiger partial charge >= 0.3 is 1.43 Å². The average molecular weight is 362 g/mol. The Morgan fingerprint density at radius 2 is 1.92 bits per heavy atom. The predicted molar refractivity (Wildman–Crippen MR) is 90.9 cm³/mol. The zero-order chi connectivity index (χ0) is 16.1. The molecule has 2 N–H and O–H groups in total. The van der Waals surface area contributed by atoms with Gasteiger partial charge in [-0.3, -0.25) is 10.2 Å². The molecule has 2 aromatic carbocycles. The van der Waals surface area contributed by atoms with E-state index in [2.05, 4.69) is 5.32 Å². The van der Waals surface area contributed by atoms with E-state index in [0.29, 0.717) is 16.2 Å². The third-order valence-electron chi connectivity index (χ3n) is 3.09. The van der Waals surface area contributed by atoms with Crippen molar-refractivity contribution in [2.75, 3.05) is 5.32 Å². The van der Waals surface area contributed by atoms with Crippen LogP contribution in [0.1, 0.15) is 1.43 Å². The molecule has 0 unspecified atom stereocenters. The van der Waals surface area contributed by atoms with Crippen molar-refractivity contribution < 1.29 is 23.4 Å². The zero-order valence-corrected chi connectivity index (χ0v) is 14.2. The van der Waals surface area contributed by atoms with Crippen molar-refractivity contribution >= 4 is 22.9 Å². The molecule has 3 aromatic rings. The molecule has 0 saturated heterocycles. The van der Waals surface area contributed by atoms with Crippen LogP contribution in [0.3, 0.4) is 0 Å². The second-order valence-corrected chi connectivity index (χ2v) is 5.72. The molecule has 0 aliphatic carbocycles. The van der Waals surface area contributed by atoms with E-state index in [0.717, 1.165) is 5.75 Å². The molecular weight excluding hydrogens is 346 g/mol. The standard InChI is InChI=1S/C17H15N3O2S.ClH/c18-17-20(9-10-23-17)12-16(21)19-13-5-4-8-15(11-13)22-14-6-2-1-3-7-14;/h1-11,18H,12H2,(H,19,21);1H. The number of aromatic nitrogens is 1. The third-order valence-corrected chi connectivity index (χ3v) is 3.81. The number of ether oxygens (including phenoxy) is 1. The summed E-state index contributed by atoms with van der Waals surface area (Å²) in [7, 11) is 0. The van der Waals surface area contributed by atoms with Crippen molar-refractivity contribution in [1.29, 1.82) is 5.41 Å². The van der Waals surface area contributed by atoms with E-state index in [-0.39, 0.29) is 26.3 Å². The molecule has 0 fully saturated rings. The first-order valence-electron chi connectivity index (χ1n) is 7.02. The number of thiazole rings is 1. The van der Waals surface area contributed by atoms with Crippen LogP contribution in [0, 0.1) is 5.41 Å². The maximum absolute atomic E-state index is 12.1. The Bertz CT molecular complexity index is 867. The Morgan fingerprint density at radius 3 is 2.62 bits per heavy atom. The molecule has 7 heteroatoms. The van der Waals surface area contributed by atoms with Crippen LogP contribution in [0.2, 0.25) is 0 Å². The van der Waals surface area contributed by atoms with Gasteiger partial charge in [-0.05, 0) is 24.3 Å². The Morgan fingerprint density at radius 1 is 1.17 bits per heavy atom. The lowest BCUT2D eigenvalue weighted by atomic mass is 10.3. The first kappa shape index (κ1) is 17.8. The molecule has 0 bridgehead atoms. The second-order valence-electron chi connectivity index (χ2n) is 4.83. The van der Waals surface area contributed by atoms with Gasteiger partial charge in [0.15, 0.2) is 4.80 Å². The van der Waals surface area contributed by atoms with Gasteiger partial charge in [0.25, 0.3) is 0 Å². The summed E-state index contributed by atoms with van der Waals surface area (Å²) >= 11 is 1.29. The minimum absolute atomic E-state index is 0. The maximum Gasteiger partial charge on any atom is 1.00 e. The minimum atomic E-state index is -0.182. The van der Waals surface area contributed by atoms with E-state index in [1.807, 2.05) is 42.5 Å². The van der Waals surface area contributed by atoms with E-state index in [4.69, 9.17) is 10.1 Å². The number of rotatable bonds is 5. The first-order chi connectivity index (χ1) is 11.2. The lowest BCUT2D eigenvalue weighted by Gasteiger charge is -2.09. The van der Waals surface area contributed by atoms with Crippen LogP contribution in [-0.4, -0.2) is 10.5 Å². The van der Waals surface area contributed by atoms with E-state index < -0.39 is 0 Å². The fourth-order valence-electron chi connectivity index (χ4n) is 2.05. The number of amides is 1. The normalized spacial score (nSPS) is 9.83. The molecule has 1 amide bonds. The van der Waals surface area contributed by atoms with Gasteiger partial charge in [-0.25, -0.2) is 0 Å². The fourth-order valence-corrected chi connectivity index (χ4v) is 2.64. The average Bonchev–Trinajstić information content (AvgIpc) is 2.93. The highest BCUT2D eigenvalue weighted by atomic mass is 35.5. The molecule has 0 aliphatic rings. The van der Waals surface area contributed by atoms with Crippen LogP contribution >= 0.6 is 11.3 Å². The van der Waals surface area contributed by atoms with Crippen LogP contribution in [-0.2, 0) is 11.3 Å². The highest BCUT2D eigenvalue weighted by Crippen LogP contribution is 2.23. The quantitative estimate of drug-likeness (QED) is 0.698. The van der Waals surface area contributed by atoms with Crippen molar-refractivity contribution in [3.05, 3.63) is 71.0 Å². The summed E-state index contributed by atoms with van der Waals surface area (Å²) in [6, 6.07) is 16.7. The van der Waals surface area contributed by atoms with Crippen molar-refractivity contribution in [3.63, 3.8) is 0 Å². The molecule has 0 spiro atoms. The summed E-state index contributed by atoms with van der Waals surface area (Å²) in [6.45, 7) is 0.117. The number of hydrogen-bond donors (Lipinski definition) is 2. The smallest absolute Gasteiger partial charge is 1.00 e. The van der Waals surface area contributed by atoms with Gasteiger partial charge in [0.2, 0.25) is 5.91 Å². The fraction of sp³-hybridized carbons (Fsp3) is 0.0588. The highest BCUT2D eigenvalue weighted by Gasteiger charge is 2.06. The predicted octanol–water partition coefficient (Wildman–Crippen LogP) is 0.577. The molecular formula is C17H16ClN3O2S. The summed E-state index contributed by atoms with van der Waals surface area (Å²) < 4.78 is 7.33. The topological polar surface area (TPSA) is 67.1 Å². The van der Waals surface area contributed by atoms with E-state index in [9.17, 15) is 4.79 Å². The summed E-state index contributed by atoms with van der Waals surface area (Å²) in [6.07, 6.45) is 1.72. The van der Waals surface area contributed by atoms with Gasteiger partial charge in [-0.1, -0.05) is 24.3 Å². The van der Waals surface area contributed by atoms with Crippen molar-refractivity contribution in [1.82, 2.24) is 4.57 Å². The lowest BCUT2D eigenvalue weighted by Crippen LogP contribution is -3.00. The zero-order valence-electron chi connectivity index (χ0n) is 13.6. The van der Waals surface area contributed by atoms with E-state index in [1.54, 1.807) is 28.3 Å². The Labute approximate surface area is 150 Å². The van der Waals surface area contributed by atoms with E-state index >= 15 is 0 Å². The monoisotopic (exact) mass is 361 g/mol. The number of benzene rings is 2. The molecule has 5 nitrogen and oxygen atoms in total. The molecule has 0 saturated carbocycles. The molecule has 3 rings (SSSR count). The minimum Gasteiger partial charge on any atom is -1.00 e. The highest BCUT2D eigenvalue weighted by molar-refractivity contribution is 7.06. The number of hydrogen-bond acceptors (Lipinski definition) is 4. The van der Waals surface area contributed by atoms with Crippen LogP contribution < -0.4 is 27.3 Å². The number of carbonyl (C=O) groups excluding carboxylic acids is 1. The number of anilines is 1. The number of para-hydroxylation sites is 1. The first-order valence-corrected chi connectivity index (χ1v) is 7.90. The SMILES string of the molecule is N=c1sccn1CC(=O)Nc1cccc(Oc2ccccc2)c1.[Cl-].[H+]. The van der Waals surface area contributed by atoms with Crippen molar-refractivity contribution in [3.8, 4) is 11.5 Å². The number of halogens is 1. The largest absolute Gasteiger partial charge is 1.00 e. The summed E-state index contributed by atoms with van der Waals surface area (Å²) in [4.78, 5) is 12.4.